The van der Waals surface area contributed by atoms with Crippen LogP contribution in [0.1, 0.15) is 16.1 Å². The van der Waals surface area contributed by atoms with Crippen LogP contribution in [0.4, 0.5) is 0 Å². The lowest BCUT2D eigenvalue weighted by Gasteiger charge is -2.05. The average molecular weight is 380 g/mol. The Morgan fingerprint density at radius 2 is 2.22 bits per heavy atom. The molecule has 0 aliphatic carbocycles. The van der Waals surface area contributed by atoms with E-state index in [1.807, 2.05) is 6.07 Å². The van der Waals surface area contributed by atoms with Crippen LogP contribution in [0.3, 0.4) is 0 Å². The number of furan rings is 1. The molecular weight excluding hydrogens is 366 g/mol. The normalized spacial score (nSPS) is 10.5. The Balaban J connectivity index is 1.84. The van der Waals surface area contributed by atoms with E-state index in [-0.39, 0.29) is 12.3 Å². The highest BCUT2D eigenvalue weighted by atomic mass is 79.9. The van der Waals surface area contributed by atoms with Crippen molar-refractivity contribution in [1.82, 2.24) is 10.7 Å². The van der Waals surface area contributed by atoms with E-state index in [0.717, 1.165) is 4.47 Å². The number of hydrogen-bond acceptors (Lipinski definition) is 5. The molecule has 2 N–H and O–H groups in total. The lowest BCUT2D eigenvalue weighted by molar-refractivity contribution is -0.120. The van der Waals surface area contributed by atoms with Crippen molar-refractivity contribution in [1.29, 1.82) is 0 Å². The Morgan fingerprint density at radius 3 is 2.91 bits per heavy atom. The van der Waals surface area contributed by atoms with Gasteiger partial charge in [-0.3, -0.25) is 9.59 Å². The Kier molecular flexibility index (Phi) is 5.93. The molecule has 2 aromatic rings. The number of carbonyl (C=O) groups excluding carboxylic acids is 2. The number of hydrazone groups is 1. The van der Waals surface area contributed by atoms with Gasteiger partial charge in [0.15, 0.2) is 5.76 Å². The molecule has 1 heterocycles. The fourth-order valence-corrected chi connectivity index (χ4v) is 2.05. The number of nitrogens with one attached hydrogen (secondary N) is 2. The number of halogens is 1. The Bertz CT molecular complexity index is 714. The van der Waals surface area contributed by atoms with Gasteiger partial charge in [-0.25, -0.2) is 5.43 Å². The zero-order valence-corrected chi connectivity index (χ0v) is 13.8. The lowest BCUT2D eigenvalue weighted by Crippen LogP contribution is -2.34. The molecule has 7 nitrogen and oxygen atoms in total. The molecule has 0 saturated heterocycles. The van der Waals surface area contributed by atoms with Gasteiger partial charge in [0, 0.05) is 10.0 Å². The fourth-order valence-electron chi connectivity index (χ4n) is 1.67. The summed E-state index contributed by atoms with van der Waals surface area (Å²) in [6.07, 6.45) is 2.83. The van der Waals surface area contributed by atoms with Crippen LogP contribution >= 0.6 is 15.9 Å². The van der Waals surface area contributed by atoms with Crippen LogP contribution in [0.25, 0.3) is 0 Å². The van der Waals surface area contributed by atoms with Crippen LogP contribution in [0.2, 0.25) is 0 Å². The first-order valence-electron chi connectivity index (χ1n) is 6.57. The van der Waals surface area contributed by atoms with Gasteiger partial charge in [-0.2, -0.15) is 5.10 Å². The first-order valence-corrected chi connectivity index (χ1v) is 7.36. The smallest absolute Gasteiger partial charge is 0.287 e. The minimum atomic E-state index is -0.470. The molecule has 0 unspecified atom stereocenters. The van der Waals surface area contributed by atoms with Gasteiger partial charge in [0.1, 0.15) is 5.75 Å². The predicted octanol–water partition coefficient (Wildman–Crippen LogP) is 1.93. The number of rotatable bonds is 6. The maximum absolute atomic E-state index is 11.6. The van der Waals surface area contributed by atoms with Gasteiger partial charge in [0.2, 0.25) is 0 Å². The number of methoxy groups -OCH3 is 1. The number of nitrogens with zero attached hydrogens (tertiary/aromatic N) is 1. The third-order valence-electron chi connectivity index (χ3n) is 2.74. The topological polar surface area (TPSA) is 92.9 Å². The van der Waals surface area contributed by atoms with Crippen molar-refractivity contribution >= 4 is 34.0 Å². The molecule has 0 spiro atoms. The van der Waals surface area contributed by atoms with Crippen molar-refractivity contribution in [3.63, 3.8) is 0 Å². The molecule has 0 aliphatic rings. The van der Waals surface area contributed by atoms with Crippen molar-refractivity contribution in [2.24, 2.45) is 5.10 Å². The minimum Gasteiger partial charge on any atom is -0.496 e. The Labute approximate surface area is 140 Å². The second-order valence-corrected chi connectivity index (χ2v) is 5.26. The zero-order valence-electron chi connectivity index (χ0n) is 12.2. The number of carbonyl (C=O) groups is 2. The average Bonchev–Trinajstić information content (AvgIpc) is 3.07. The highest BCUT2D eigenvalue weighted by Gasteiger charge is 2.09. The molecule has 120 valence electrons. The van der Waals surface area contributed by atoms with Crippen molar-refractivity contribution in [2.75, 3.05) is 13.7 Å². The molecule has 0 aliphatic heterocycles. The largest absolute Gasteiger partial charge is 0.496 e. The summed E-state index contributed by atoms with van der Waals surface area (Å²) in [6, 6.07) is 8.50. The van der Waals surface area contributed by atoms with E-state index in [4.69, 9.17) is 9.15 Å². The highest BCUT2D eigenvalue weighted by Crippen LogP contribution is 2.21. The number of hydrogen-bond donors (Lipinski definition) is 2. The van der Waals surface area contributed by atoms with E-state index in [0.29, 0.717) is 11.3 Å². The summed E-state index contributed by atoms with van der Waals surface area (Å²) in [4.78, 5) is 23.2. The third kappa shape index (κ3) is 4.96. The van der Waals surface area contributed by atoms with Gasteiger partial charge in [-0.1, -0.05) is 15.9 Å². The molecule has 8 heteroatoms. The number of amides is 2. The maximum Gasteiger partial charge on any atom is 0.287 e. The van der Waals surface area contributed by atoms with Crippen molar-refractivity contribution in [3.8, 4) is 5.75 Å². The second kappa shape index (κ2) is 8.14. The van der Waals surface area contributed by atoms with E-state index >= 15 is 0 Å². The van der Waals surface area contributed by atoms with Crippen molar-refractivity contribution < 1.29 is 18.7 Å². The van der Waals surface area contributed by atoms with Crippen molar-refractivity contribution in [2.45, 2.75) is 0 Å². The molecule has 0 saturated carbocycles. The van der Waals surface area contributed by atoms with Crippen LogP contribution in [0, 0.1) is 0 Å². The van der Waals surface area contributed by atoms with Gasteiger partial charge in [-0.15, -0.1) is 0 Å². The summed E-state index contributed by atoms with van der Waals surface area (Å²) in [7, 11) is 1.54. The molecule has 0 bridgehead atoms. The molecule has 23 heavy (non-hydrogen) atoms. The number of ether oxygens (including phenoxy) is 1. The summed E-state index contributed by atoms with van der Waals surface area (Å²) in [5, 5.41) is 6.25. The number of benzene rings is 1. The van der Waals surface area contributed by atoms with Crippen LogP contribution < -0.4 is 15.5 Å². The quantitative estimate of drug-likeness (QED) is 0.592. The van der Waals surface area contributed by atoms with E-state index in [1.165, 1.54) is 18.5 Å². The lowest BCUT2D eigenvalue weighted by atomic mass is 10.2. The summed E-state index contributed by atoms with van der Waals surface area (Å²) in [5.41, 5.74) is 3.01. The Morgan fingerprint density at radius 1 is 1.39 bits per heavy atom. The van der Waals surface area contributed by atoms with E-state index in [1.54, 1.807) is 25.3 Å². The SMILES string of the molecule is COc1ccc(Br)cc1/C=N/NC(=O)CNC(=O)c1ccco1. The maximum atomic E-state index is 11.6. The van der Waals surface area contributed by atoms with Crippen LogP contribution in [-0.4, -0.2) is 31.7 Å². The highest BCUT2D eigenvalue weighted by molar-refractivity contribution is 9.10. The molecule has 2 rings (SSSR count). The summed E-state index contributed by atoms with van der Waals surface area (Å²) < 4.78 is 11.0. The summed E-state index contributed by atoms with van der Waals surface area (Å²) in [6.45, 7) is -0.216. The van der Waals surface area contributed by atoms with Gasteiger partial charge >= 0.3 is 0 Å². The molecule has 2 amide bonds. The van der Waals surface area contributed by atoms with Gasteiger partial charge in [-0.05, 0) is 30.3 Å². The molecule has 0 fully saturated rings. The predicted molar refractivity (Wildman–Crippen MR) is 87.5 cm³/mol. The zero-order chi connectivity index (χ0) is 16.7. The first-order chi connectivity index (χ1) is 11.1. The van der Waals surface area contributed by atoms with E-state index in [9.17, 15) is 9.59 Å². The third-order valence-corrected chi connectivity index (χ3v) is 3.23. The Hall–Kier alpha value is -2.61. The van der Waals surface area contributed by atoms with Gasteiger partial charge < -0.3 is 14.5 Å². The molecule has 0 radical (unpaired) electrons. The van der Waals surface area contributed by atoms with Crippen molar-refractivity contribution in [3.05, 3.63) is 52.4 Å². The first kappa shape index (κ1) is 16.8. The van der Waals surface area contributed by atoms with Gasteiger partial charge in [0.05, 0.1) is 26.1 Å². The monoisotopic (exact) mass is 379 g/mol. The minimum absolute atomic E-state index is 0.139. The van der Waals surface area contributed by atoms with Crippen LogP contribution in [-0.2, 0) is 4.79 Å². The standard InChI is InChI=1S/C15H14BrN3O4/c1-22-12-5-4-11(16)7-10(12)8-18-19-14(20)9-17-15(21)13-3-2-6-23-13/h2-8H,9H2,1H3,(H,17,21)(H,19,20)/b18-8+. The van der Waals surface area contributed by atoms with E-state index < -0.39 is 11.8 Å². The fraction of sp³-hybridized carbons (Fsp3) is 0.133. The van der Waals surface area contributed by atoms with Gasteiger partial charge in [0.25, 0.3) is 11.8 Å². The van der Waals surface area contributed by atoms with Crippen LogP contribution in [0.15, 0.2) is 50.6 Å². The van der Waals surface area contributed by atoms with E-state index in [2.05, 4.69) is 31.8 Å². The second-order valence-electron chi connectivity index (χ2n) is 4.34. The van der Waals surface area contributed by atoms with Crippen LogP contribution in [0.5, 0.6) is 5.75 Å². The molecule has 1 aromatic carbocycles. The summed E-state index contributed by atoms with van der Waals surface area (Å²) >= 11 is 3.35. The molecule has 0 atom stereocenters. The summed E-state index contributed by atoms with van der Waals surface area (Å²) in [5.74, 6) is -0.171. The molecular formula is C15H14BrN3O4. The molecule has 1 aromatic heterocycles.